The number of rotatable bonds is 5. The van der Waals surface area contributed by atoms with E-state index in [1.807, 2.05) is 12.1 Å². The van der Waals surface area contributed by atoms with Crippen LogP contribution in [0.25, 0.3) is 0 Å². The molecule has 1 unspecified atom stereocenters. The lowest BCUT2D eigenvalue weighted by molar-refractivity contribution is 0.0219. The lowest BCUT2D eigenvalue weighted by Crippen LogP contribution is -2.25. The van der Waals surface area contributed by atoms with E-state index in [0.29, 0.717) is 5.75 Å². The first kappa shape index (κ1) is 15.6. The minimum absolute atomic E-state index is 0.0217. The van der Waals surface area contributed by atoms with E-state index in [1.165, 1.54) is 12.8 Å². The summed E-state index contributed by atoms with van der Waals surface area (Å²) in [7, 11) is 3.27. The van der Waals surface area contributed by atoms with Gasteiger partial charge in [-0.1, -0.05) is 19.8 Å². The molecule has 0 saturated heterocycles. The number of halogens is 1. The van der Waals surface area contributed by atoms with E-state index in [-0.39, 0.29) is 5.41 Å². The number of aliphatic hydroxyl groups is 1. The van der Waals surface area contributed by atoms with Crippen LogP contribution in [0.3, 0.4) is 0 Å². The van der Waals surface area contributed by atoms with Gasteiger partial charge in [-0.2, -0.15) is 0 Å². The monoisotopic (exact) mass is 342 g/mol. The first-order valence-electron chi connectivity index (χ1n) is 7.17. The number of ether oxygens (including phenoxy) is 2. The molecule has 0 heterocycles. The van der Waals surface area contributed by atoms with Crippen LogP contribution in [-0.2, 0) is 0 Å². The van der Waals surface area contributed by atoms with E-state index in [4.69, 9.17) is 9.47 Å². The average molecular weight is 343 g/mol. The highest BCUT2D eigenvalue weighted by Crippen LogP contribution is 2.52. The Labute approximate surface area is 129 Å². The molecule has 1 aliphatic rings. The zero-order chi connectivity index (χ0) is 14.8. The Kier molecular flexibility index (Phi) is 4.97. The van der Waals surface area contributed by atoms with Crippen LogP contribution in [0, 0.1) is 5.41 Å². The maximum absolute atomic E-state index is 10.9. The molecule has 3 nitrogen and oxygen atoms in total. The minimum Gasteiger partial charge on any atom is -0.496 e. The second-order valence-electron chi connectivity index (χ2n) is 5.55. The first-order chi connectivity index (χ1) is 9.57. The molecule has 0 spiro atoms. The number of methoxy groups -OCH3 is 2. The second kappa shape index (κ2) is 6.35. The van der Waals surface area contributed by atoms with Crippen LogP contribution in [-0.4, -0.2) is 19.3 Å². The largest absolute Gasteiger partial charge is 0.496 e. The third-order valence-corrected chi connectivity index (χ3v) is 5.30. The van der Waals surface area contributed by atoms with Crippen molar-refractivity contribution in [2.24, 2.45) is 5.41 Å². The van der Waals surface area contributed by atoms with Crippen LogP contribution >= 0.6 is 15.9 Å². The molecule has 1 aromatic rings. The van der Waals surface area contributed by atoms with E-state index in [1.54, 1.807) is 14.2 Å². The molecule has 0 bridgehead atoms. The van der Waals surface area contributed by atoms with Crippen molar-refractivity contribution in [3.8, 4) is 11.5 Å². The molecule has 1 fully saturated rings. The quantitative estimate of drug-likeness (QED) is 0.857. The van der Waals surface area contributed by atoms with Crippen LogP contribution in [0.15, 0.2) is 16.6 Å². The van der Waals surface area contributed by atoms with E-state index in [2.05, 4.69) is 22.9 Å². The Balaban J connectivity index is 2.44. The fraction of sp³-hybridized carbons (Fsp3) is 0.625. The summed E-state index contributed by atoms with van der Waals surface area (Å²) < 4.78 is 11.6. The summed E-state index contributed by atoms with van der Waals surface area (Å²) in [5, 5.41) is 10.9. The van der Waals surface area contributed by atoms with Crippen LogP contribution in [0.1, 0.15) is 50.7 Å². The van der Waals surface area contributed by atoms with Gasteiger partial charge in [0.15, 0.2) is 0 Å². The van der Waals surface area contributed by atoms with E-state index in [9.17, 15) is 5.11 Å². The Morgan fingerprint density at radius 2 is 1.80 bits per heavy atom. The van der Waals surface area contributed by atoms with Gasteiger partial charge in [0.2, 0.25) is 0 Å². The molecule has 0 aromatic heterocycles. The molecule has 20 heavy (non-hydrogen) atoms. The van der Waals surface area contributed by atoms with Gasteiger partial charge < -0.3 is 14.6 Å². The number of benzene rings is 1. The highest BCUT2D eigenvalue weighted by atomic mass is 79.9. The Bertz CT molecular complexity index is 467. The predicted octanol–water partition coefficient (Wildman–Crippen LogP) is 4.47. The van der Waals surface area contributed by atoms with E-state index in [0.717, 1.165) is 35.0 Å². The second-order valence-corrected chi connectivity index (χ2v) is 6.41. The van der Waals surface area contributed by atoms with Crippen molar-refractivity contribution >= 4 is 15.9 Å². The number of aliphatic hydroxyl groups excluding tert-OH is 1. The maximum atomic E-state index is 10.9. The molecule has 0 radical (unpaired) electrons. The van der Waals surface area contributed by atoms with Crippen LogP contribution < -0.4 is 9.47 Å². The fourth-order valence-electron chi connectivity index (χ4n) is 3.33. The molecule has 1 aromatic carbocycles. The summed E-state index contributed by atoms with van der Waals surface area (Å²) in [6, 6.07) is 3.76. The Hall–Kier alpha value is -0.740. The van der Waals surface area contributed by atoms with Gasteiger partial charge in [-0.3, -0.25) is 0 Å². The molecule has 2 rings (SSSR count). The van der Waals surface area contributed by atoms with Crippen LogP contribution in [0.2, 0.25) is 0 Å². The Morgan fingerprint density at radius 3 is 2.30 bits per heavy atom. The third-order valence-electron chi connectivity index (χ3n) is 4.68. The maximum Gasteiger partial charge on any atom is 0.133 e. The standard InChI is InChI=1S/C16H23BrO3/c1-4-16(7-5-6-8-16)15(18)11-9-14(20-3)12(17)10-13(11)19-2/h9-10,15,18H,4-8H2,1-3H3. The SMILES string of the molecule is CCC1(C(O)c2cc(OC)c(Br)cc2OC)CCCC1. The summed E-state index contributed by atoms with van der Waals surface area (Å²) in [6.45, 7) is 2.16. The average Bonchev–Trinajstić information content (AvgIpc) is 2.96. The van der Waals surface area contributed by atoms with Crippen molar-refractivity contribution in [3.05, 3.63) is 22.2 Å². The predicted molar refractivity (Wildman–Crippen MR) is 83.4 cm³/mol. The molecule has 1 N–H and O–H groups in total. The lowest BCUT2D eigenvalue weighted by atomic mass is 9.75. The third kappa shape index (κ3) is 2.68. The highest BCUT2D eigenvalue weighted by molar-refractivity contribution is 9.10. The van der Waals surface area contributed by atoms with Gasteiger partial charge in [0.25, 0.3) is 0 Å². The van der Waals surface area contributed by atoms with Gasteiger partial charge in [0, 0.05) is 11.0 Å². The topological polar surface area (TPSA) is 38.7 Å². The summed E-state index contributed by atoms with van der Waals surface area (Å²) in [6.07, 6.45) is 5.02. The number of hydrogen-bond donors (Lipinski definition) is 1. The molecular formula is C16H23BrO3. The van der Waals surface area contributed by atoms with Crippen molar-refractivity contribution in [3.63, 3.8) is 0 Å². The van der Waals surface area contributed by atoms with E-state index >= 15 is 0 Å². The molecule has 1 aliphatic carbocycles. The fourth-order valence-corrected chi connectivity index (χ4v) is 3.81. The lowest BCUT2D eigenvalue weighted by Gasteiger charge is -2.34. The zero-order valence-corrected chi connectivity index (χ0v) is 14.0. The van der Waals surface area contributed by atoms with Gasteiger partial charge in [-0.05, 0) is 47.3 Å². The van der Waals surface area contributed by atoms with Crippen LogP contribution in [0.5, 0.6) is 11.5 Å². The smallest absolute Gasteiger partial charge is 0.133 e. The summed E-state index contributed by atoms with van der Waals surface area (Å²) in [4.78, 5) is 0. The molecule has 1 atom stereocenters. The molecule has 0 amide bonds. The summed E-state index contributed by atoms with van der Waals surface area (Å²) >= 11 is 3.46. The van der Waals surface area contributed by atoms with Crippen molar-refractivity contribution in [2.45, 2.75) is 45.1 Å². The van der Waals surface area contributed by atoms with Gasteiger partial charge >= 0.3 is 0 Å². The van der Waals surface area contributed by atoms with Crippen LogP contribution in [0.4, 0.5) is 0 Å². The molecule has 112 valence electrons. The molecule has 4 heteroatoms. The van der Waals surface area contributed by atoms with E-state index < -0.39 is 6.10 Å². The van der Waals surface area contributed by atoms with Crippen molar-refractivity contribution in [1.29, 1.82) is 0 Å². The van der Waals surface area contributed by atoms with Gasteiger partial charge in [0.05, 0.1) is 24.8 Å². The first-order valence-corrected chi connectivity index (χ1v) is 7.96. The zero-order valence-electron chi connectivity index (χ0n) is 12.4. The minimum atomic E-state index is -0.507. The molecule has 0 aliphatic heterocycles. The van der Waals surface area contributed by atoms with Gasteiger partial charge in [-0.15, -0.1) is 0 Å². The van der Waals surface area contributed by atoms with Crippen molar-refractivity contribution in [1.82, 2.24) is 0 Å². The summed E-state index contributed by atoms with van der Waals surface area (Å²) in [5.74, 6) is 1.44. The van der Waals surface area contributed by atoms with Crippen molar-refractivity contribution < 1.29 is 14.6 Å². The highest BCUT2D eigenvalue weighted by Gasteiger charge is 2.41. The van der Waals surface area contributed by atoms with Gasteiger partial charge in [-0.25, -0.2) is 0 Å². The molecule has 1 saturated carbocycles. The normalized spacial score (nSPS) is 18.9. The van der Waals surface area contributed by atoms with Gasteiger partial charge in [0.1, 0.15) is 11.5 Å². The number of hydrogen-bond acceptors (Lipinski definition) is 3. The molecular weight excluding hydrogens is 320 g/mol. The summed E-state index contributed by atoms with van der Waals surface area (Å²) in [5.41, 5.74) is 0.808. The Morgan fingerprint density at radius 1 is 1.20 bits per heavy atom. The van der Waals surface area contributed by atoms with Crippen molar-refractivity contribution in [2.75, 3.05) is 14.2 Å².